The highest BCUT2D eigenvalue weighted by atomic mass is 32.2. The molecule has 21 heavy (non-hydrogen) atoms. The van der Waals surface area contributed by atoms with E-state index in [0.717, 1.165) is 6.42 Å². The smallest absolute Gasteiger partial charge is 0.240 e. The Morgan fingerprint density at radius 3 is 2.71 bits per heavy atom. The van der Waals surface area contributed by atoms with Crippen LogP contribution < -0.4 is 10.5 Å². The van der Waals surface area contributed by atoms with Gasteiger partial charge in [0.05, 0.1) is 11.5 Å². The normalized spacial score (nSPS) is 11.8. The lowest BCUT2D eigenvalue weighted by molar-refractivity contribution is 0.128. The molecule has 0 fully saturated rings. The Morgan fingerprint density at radius 2 is 2.10 bits per heavy atom. The highest BCUT2D eigenvalue weighted by Crippen LogP contribution is 2.11. The second kappa shape index (κ2) is 8.43. The van der Waals surface area contributed by atoms with E-state index in [1.165, 1.54) is 12.1 Å². The van der Waals surface area contributed by atoms with Gasteiger partial charge in [-0.05, 0) is 24.5 Å². The van der Waals surface area contributed by atoms with Crippen LogP contribution in [0.25, 0.3) is 0 Å². The van der Waals surface area contributed by atoms with Crippen LogP contribution in [0.15, 0.2) is 29.2 Å². The van der Waals surface area contributed by atoms with Crippen LogP contribution in [0.4, 0.5) is 0 Å². The highest BCUT2D eigenvalue weighted by Gasteiger charge is 2.14. The summed E-state index contributed by atoms with van der Waals surface area (Å²) in [6.45, 7) is 5.44. The van der Waals surface area contributed by atoms with Gasteiger partial charge in [-0.15, -0.1) is 0 Å². The summed E-state index contributed by atoms with van der Waals surface area (Å²) in [4.78, 5) is 0.319. The fourth-order valence-electron chi connectivity index (χ4n) is 1.57. The highest BCUT2D eigenvalue weighted by molar-refractivity contribution is 7.89. The Labute approximate surface area is 131 Å². The number of hydrogen-bond acceptors (Lipinski definition) is 4. The van der Waals surface area contributed by atoms with E-state index in [4.69, 9.17) is 22.7 Å². The quantitative estimate of drug-likeness (QED) is 0.532. The Bertz CT molecular complexity index is 571. The number of benzene rings is 1. The average molecular weight is 330 g/mol. The van der Waals surface area contributed by atoms with Crippen LogP contribution in [0.2, 0.25) is 0 Å². The maximum atomic E-state index is 12.1. The van der Waals surface area contributed by atoms with Gasteiger partial charge in [-0.2, -0.15) is 0 Å². The van der Waals surface area contributed by atoms with Crippen molar-refractivity contribution in [3.8, 4) is 0 Å². The Balaban J connectivity index is 2.50. The molecule has 0 aliphatic rings. The third-order valence-corrected chi connectivity index (χ3v) is 4.50. The summed E-state index contributed by atoms with van der Waals surface area (Å²) < 4.78 is 32.1. The van der Waals surface area contributed by atoms with Crippen LogP contribution in [-0.4, -0.2) is 33.2 Å². The van der Waals surface area contributed by atoms with Gasteiger partial charge in [0.15, 0.2) is 0 Å². The largest absolute Gasteiger partial charge is 0.389 e. The topological polar surface area (TPSA) is 81.4 Å². The van der Waals surface area contributed by atoms with Crippen molar-refractivity contribution in [3.63, 3.8) is 0 Å². The molecular formula is C14H22N2O3S2. The second-order valence-electron chi connectivity index (χ2n) is 5.08. The van der Waals surface area contributed by atoms with E-state index in [1.54, 1.807) is 12.1 Å². The van der Waals surface area contributed by atoms with Gasteiger partial charge < -0.3 is 10.5 Å². The molecular weight excluding hydrogens is 308 g/mol. The maximum absolute atomic E-state index is 12.1. The number of hydrogen-bond donors (Lipinski definition) is 2. The summed E-state index contributed by atoms with van der Waals surface area (Å²) >= 11 is 4.84. The summed E-state index contributed by atoms with van der Waals surface area (Å²) in [6.07, 6.45) is 0.961. The molecule has 7 heteroatoms. The molecule has 0 saturated heterocycles. The zero-order valence-electron chi connectivity index (χ0n) is 12.3. The van der Waals surface area contributed by atoms with E-state index in [1.807, 2.05) is 0 Å². The van der Waals surface area contributed by atoms with E-state index in [-0.39, 0.29) is 16.4 Å². The molecule has 0 unspecified atom stereocenters. The van der Waals surface area contributed by atoms with Gasteiger partial charge in [0.25, 0.3) is 0 Å². The molecule has 0 saturated carbocycles. The summed E-state index contributed by atoms with van der Waals surface area (Å²) in [7, 11) is -3.57. The lowest BCUT2D eigenvalue weighted by Crippen LogP contribution is -2.28. The third-order valence-electron chi connectivity index (χ3n) is 2.81. The molecule has 118 valence electrons. The molecule has 1 rings (SSSR count). The summed E-state index contributed by atoms with van der Waals surface area (Å²) in [5.41, 5.74) is 6.03. The van der Waals surface area contributed by atoms with Crippen molar-refractivity contribution >= 4 is 27.2 Å². The Hall–Kier alpha value is -1.02. The first-order chi connectivity index (χ1) is 9.83. The average Bonchev–Trinajstić information content (AvgIpc) is 2.42. The second-order valence-corrected chi connectivity index (χ2v) is 7.29. The molecule has 0 amide bonds. The van der Waals surface area contributed by atoms with Gasteiger partial charge in [0.2, 0.25) is 10.0 Å². The van der Waals surface area contributed by atoms with Crippen molar-refractivity contribution in [3.05, 3.63) is 29.8 Å². The van der Waals surface area contributed by atoms with E-state index >= 15 is 0 Å². The first kappa shape index (κ1) is 18.0. The Morgan fingerprint density at radius 1 is 1.38 bits per heavy atom. The minimum absolute atomic E-state index is 0.148. The molecule has 0 aliphatic heterocycles. The summed E-state index contributed by atoms with van der Waals surface area (Å²) in [6, 6.07) is 6.26. The maximum Gasteiger partial charge on any atom is 0.240 e. The molecule has 0 spiro atoms. The van der Waals surface area contributed by atoms with Crippen molar-refractivity contribution in [1.29, 1.82) is 0 Å². The van der Waals surface area contributed by atoms with Crippen molar-refractivity contribution < 1.29 is 13.2 Å². The number of sulfonamides is 1. The van der Waals surface area contributed by atoms with Crippen molar-refractivity contribution in [2.75, 3.05) is 19.8 Å². The standard InChI is InChI=1S/C14H22N2O3S2/c1-11(2)6-8-19-9-7-16-21(17,18)13-5-3-4-12(10-13)14(15)20/h3-5,10-11,16H,6-9H2,1-2H3,(H2,15,20). The summed E-state index contributed by atoms with van der Waals surface area (Å²) in [5.74, 6) is 0.574. The van der Waals surface area contributed by atoms with Crippen molar-refractivity contribution in [2.24, 2.45) is 11.7 Å². The van der Waals surface area contributed by atoms with E-state index in [9.17, 15) is 8.42 Å². The van der Waals surface area contributed by atoms with Gasteiger partial charge in [0, 0.05) is 18.7 Å². The first-order valence-electron chi connectivity index (χ1n) is 6.80. The van der Waals surface area contributed by atoms with Crippen LogP contribution in [0.5, 0.6) is 0 Å². The fraction of sp³-hybridized carbons (Fsp3) is 0.500. The number of rotatable bonds is 9. The fourth-order valence-corrected chi connectivity index (χ4v) is 2.75. The van der Waals surface area contributed by atoms with Gasteiger partial charge in [-0.1, -0.05) is 38.2 Å². The van der Waals surface area contributed by atoms with E-state index in [2.05, 4.69) is 18.6 Å². The number of thiocarbonyl (C=S) groups is 1. The molecule has 0 heterocycles. The van der Waals surface area contributed by atoms with Crippen LogP contribution in [0.3, 0.4) is 0 Å². The molecule has 0 aromatic heterocycles. The van der Waals surface area contributed by atoms with Gasteiger partial charge in [0.1, 0.15) is 4.99 Å². The van der Waals surface area contributed by atoms with E-state index < -0.39 is 10.0 Å². The molecule has 0 radical (unpaired) electrons. The van der Waals surface area contributed by atoms with Crippen LogP contribution >= 0.6 is 12.2 Å². The van der Waals surface area contributed by atoms with Crippen LogP contribution in [-0.2, 0) is 14.8 Å². The van der Waals surface area contributed by atoms with Crippen LogP contribution in [0.1, 0.15) is 25.8 Å². The molecule has 5 nitrogen and oxygen atoms in total. The van der Waals surface area contributed by atoms with Crippen LogP contribution in [0, 0.1) is 5.92 Å². The number of nitrogens with two attached hydrogens (primary N) is 1. The number of ether oxygens (including phenoxy) is 1. The summed E-state index contributed by atoms with van der Waals surface area (Å²) in [5, 5.41) is 0. The zero-order valence-corrected chi connectivity index (χ0v) is 14.0. The molecule has 3 N–H and O–H groups in total. The van der Waals surface area contributed by atoms with Gasteiger partial charge in [-0.3, -0.25) is 0 Å². The van der Waals surface area contributed by atoms with Crippen molar-refractivity contribution in [1.82, 2.24) is 4.72 Å². The minimum Gasteiger partial charge on any atom is -0.389 e. The van der Waals surface area contributed by atoms with Gasteiger partial charge in [-0.25, -0.2) is 13.1 Å². The Kier molecular flexibility index (Phi) is 7.24. The lowest BCUT2D eigenvalue weighted by atomic mass is 10.1. The third kappa shape index (κ3) is 6.52. The molecule has 1 aromatic rings. The van der Waals surface area contributed by atoms with Crippen molar-refractivity contribution in [2.45, 2.75) is 25.2 Å². The zero-order chi connectivity index (χ0) is 15.9. The molecule has 0 atom stereocenters. The molecule has 0 bridgehead atoms. The number of nitrogens with one attached hydrogen (secondary N) is 1. The van der Waals surface area contributed by atoms with Gasteiger partial charge >= 0.3 is 0 Å². The van der Waals surface area contributed by atoms with E-state index in [0.29, 0.717) is 24.7 Å². The SMILES string of the molecule is CC(C)CCOCCNS(=O)(=O)c1cccc(C(N)=S)c1. The first-order valence-corrected chi connectivity index (χ1v) is 8.69. The molecule has 0 aliphatic carbocycles. The minimum atomic E-state index is -3.57. The lowest BCUT2D eigenvalue weighted by Gasteiger charge is -2.09. The molecule has 1 aromatic carbocycles. The predicted octanol–water partition coefficient (Wildman–Crippen LogP) is 1.66. The predicted molar refractivity (Wildman–Crippen MR) is 87.8 cm³/mol. The monoisotopic (exact) mass is 330 g/mol.